The zero-order valence-electron chi connectivity index (χ0n) is 20.3. The average Bonchev–Trinajstić information content (AvgIpc) is 2.85. The average molecular weight is 518 g/mol. The van der Waals surface area contributed by atoms with Crippen LogP contribution in [0.4, 0.5) is 13.2 Å². The first kappa shape index (κ1) is 29.4. The number of carboxylic acid groups (broad SMARTS) is 2. The van der Waals surface area contributed by atoms with Gasteiger partial charge in [-0.05, 0) is 41.7 Å². The molecule has 0 saturated carbocycles. The van der Waals surface area contributed by atoms with Crippen molar-refractivity contribution in [3.63, 3.8) is 0 Å². The number of carbonyl (C=O) groups excluding carboxylic acids is 1. The number of nitrogens with zero attached hydrogens (tertiary/aromatic N) is 1. The van der Waals surface area contributed by atoms with Gasteiger partial charge in [-0.15, -0.1) is 12.3 Å². The van der Waals surface area contributed by atoms with E-state index in [0.29, 0.717) is 23.1 Å². The van der Waals surface area contributed by atoms with E-state index in [-0.39, 0.29) is 13.1 Å². The zero-order valence-corrected chi connectivity index (χ0v) is 20.3. The van der Waals surface area contributed by atoms with Gasteiger partial charge in [-0.3, -0.25) is 9.59 Å². The van der Waals surface area contributed by atoms with Crippen LogP contribution in [0.25, 0.3) is 0 Å². The summed E-state index contributed by atoms with van der Waals surface area (Å²) in [4.78, 5) is 36.4. The number of benzene rings is 2. The third-order valence-corrected chi connectivity index (χ3v) is 5.99. The highest BCUT2D eigenvalue weighted by Gasteiger charge is 2.30. The standard InChI is InChI=1S/C28H30F3NO5/c1-2-3-4-5-6-7-8-9-24(26(34)35)22-14-10-20(11-15-22)18-32(25(33)27(36)37)19-21-12-16-23(17-13-21)28(29,30)31/h1,10-17,24H,3-9,18-19H2,(H,34,35)(H,36,37). The number of halogens is 3. The lowest BCUT2D eigenvalue weighted by molar-refractivity contribution is -0.156. The van der Waals surface area contributed by atoms with Crippen molar-refractivity contribution in [1.82, 2.24) is 4.90 Å². The van der Waals surface area contributed by atoms with Crippen LogP contribution in [0.15, 0.2) is 48.5 Å². The van der Waals surface area contributed by atoms with E-state index in [2.05, 4.69) is 5.92 Å². The Balaban J connectivity index is 2.05. The fraction of sp³-hybridized carbons (Fsp3) is 0.393. The van der Waals surface area contributed by atoms with Gasteiger partial charge in [0.1, 0.15) is 0 Å². The monoisotopic (exact) mass is 517 g/mol. The number of carboxylic acids is 2. The third kappa shape index (κ3) is 9.64. The topological polar surface area (TPSA) is 94.9 Å². The van der Waals surface area contributed by atoms with Gasteiger partial charge >= 0.3 is 24.0 Å². The number of carbonyl (C=O) groups is 3. The van der Waals surface area contributed by atoms with Crippen LogP contribution in [0, 0.1) is 12.3 Å². The van der Waals surface area contributed by atoms with Gasteiger partial charge < -0.3 is 15.1 Å². The number of hydrogen-bond acceptors (Lipinski definition) is 3. The minimum atomic E-state index is -4.51. The lowest BCUT2D eigenvalue weighted by atomic mass is 9.92. The second kappa shape index (κ2) is 14.1. The first-order valence-corrected chi connectivity index (χ1v) is 12.0. The predicted octanol–water partition coefficient (Wildman–Crippen LogP) is 5.85. The largest absolute Gasteiger partial charge is 0.481 e. The number of aliphatic carboxylic acids is 2. The van der Waals surface area contributed by atoms with E-state index >= 15 is 0 Å². The van der Waals surface area contributed by atoms with Crippen molar-refractivity contribution in [2.45, 2.75) is 70.1 Å². The van der Waals surface area contributed by atoms with Gasteiger partial charge in [0.25, 0.3) is 0 Å². The number of amides is 1. The Labute approximate surface area is 214 Å². The van der Waals surface area contributed by atoms with E-state index in [9.17, 15) is 37.8 Å². The smallest absolute Gasteiger partial charge is 0.416 e. The highest BCUT2D eigenvalue weighted by molar-refractivity contribution is 6.31. The van der Waals surface area contributed by atoms with Crippen molar-refractivity contribution in [2.24, 2.45) is 0 Å². The molecule has 1 unspecified atom stereocenters. The first-order valence-electron chi connectivity index (χ1n) is 12.0. The molecular formula is C28H30F3NO5. The molecule has 2 aromatic rings. The summed E-state index contributed by atoms with van der Waals surface area (Å²) < 4.78 is 38.4. The maximum absolute atomic E-state index is 12.8. The third-order valence-electron chi connectivity index (χ3n) is 5.99. The summed E-state index contributed by atoms with van der Waals surface area (Å²) in [5, 5.41) is 18.9. The molecule has 0 spiro atoms. The van der Waals surface area contributed by atoms with Gasteiger partial charge in [0.15, 0.2) is 0 Å². The van der Waals surface area contributed by atoms with Crippen LogP contribution in [0.3, 0.4) is 0 Å². The van der Waals surface area contributed by atoms with Gasteiger partial charge in [-0.2, -0.15) is 13.2 Å². The van der Waals surface area contributed by atoms with Crippen LogP contribution in [0.1, 0.15) is 73.1 Å². The number of rotatable bonds is 13. The Hall–Kier alpha value is -3.80. The summed E-state index contributed by atoms with van der Waals surface area (Å²) in [7, 11) is 0. The normalized spacial score (nSPS) is 11.9. The van der Waals surface area contributed by atoms with E-state index in [4.69, 9.17) is 6.42 Å². The molecule has 37 heavy (non-hydrogen) atoms. The number of alkyl halides is 3. The van der Waals surface area contributed by atoms with Crippen LogP contribution in [-0.2, 0) is 33.6 Å². The van der Waals surface area contributed by atoms with Crippen molar-refractivity contribution < 1.29 is 37.8 Å². The molecule has 6 nitrogen and oxygen atoms in total. The van der Waals surface area contributed by atoms with Crippen molar-refractivity contribution in [1.29, 1.82) is 0 Å². The Morgan fingerprint density at radius 1 is 0.838 bits per heavy atom. The van der Waals surface area contributed by atoms with E-state index in [1.54, 1.807) is 24.3 Å². The maximum Gasteiger partial charge on any atom is 0.416 e. The molecule has 0 aliphatic carbocycles. The molecule has 2 rings (SSSR count). The van der Waals surface area contributed by atoms with Crippen LogP contribution < -0.4 is 0 Å². The quantitative estimate of drug-likeness (QED) is 0.197. The summed E-state index contributed by atoms with van der Waals surface area (Å²) in [6, 6.07) is 10.7. The second-order valence-electron chi connectivity index (χ2n) is 8.80. The van der Waals surface area contributed by atoms with Crippen molar-refractivity contribution in [2.75, 3.05) is 0 Å². The molecule has 0 aliphatic heterocycles. The molecule has 0 heterocycles. The number of hydrogen-bond donors (Lipinski definition) is 2. The van der Waals surface area contributed by atoms with Crippen LogP contribution in [-0.4, -0.2) is 33.0 Å². The maximum atomic E-state index is 12.8. The molecule has 1 atom stereocenters. The molecule has 0 fully saturated rings. The lowest BCUT2D eigenvalue weighted by Crippen LogP contribution is -2.35. The van der Waals surface area contributed by atoms with Crippen molar-refractivity contribution >= 4 is 17.8 Å². The van der Waals surface area contributed by atoms with Gasteiger partial charge in [0, 0.05) is 19.5 Å². The van der Waals surface area contributed by atoms with Crippen molar-refractivity contribution in [3.05, 3.63) is 70.8 Å². The van der Waals surface area contributed by atoms with Gasteiger partial charge in [0.05, 0.1) is 11.5 Å². The van der Waals surface area contributed by atoms with E-state index < -0.39 is 35.5 Å². The van der Waals surface area contributed by atoms with Crippen LogP contribution in [0.2, 0.25) is 0 Å². The molecule has 9 heteroatoms. The summed E-state index contributed by atoms with van der Waals surface area (Å²) >= 11 is 0. The Bertz CT molecular complexity index is 1090. The summed E-state index contributed by atoms with van der Waals surface area (Å²) in [6.07, 6.45) is 6.55. The second-order valence-corrected chi connectivity index (χ2v) is 8.80. The minimum absolute atomic E-state index is 0.109. The Morgan fingerprint density at radius 2 is 1.35 bits per heavy atom. The summed E-state index contributed by atoms with van der Waals surface area (Å²) in [5.74, 6) is -1.92. The Morgan fingerprint density at radius 3 is 1.84 bits per heavy atom. The molecule has 198 valence electrons. The highest BCUT2D eigenvalue weighted by Crippen LogP contribution is 2.29. The molecule has 0 radical (unpaired) electrons. The SMILES string of the molecule is C#CCCCCCCCC(C(=O)O)c1ccc(CN(Cc2ccc(C(F)(F)F)cc2)C(=O)C(=O)O)cc1. The lowest BCUT2D eigenvalue weighted by Gasteiger charge is -2.22. The zero-order chi connectivity index (χ0) is 27.4. The minimum Gasteiger partial charge on any atom is -0.481 e. The Kier molecular flexibility index (Phi) is 11.2. The van der Waals surface area contributed by atoms with Gasteiger partial charge in [-0.25, -0.2) is 4.79 Å². The fourth-order valence-corrected chi connectivity index (χ4v) is 3.97. The molecule has 0 aliphatic rings. The molecule has 0 bridgehead atoms. The number of unbranched alkanes of at least 4 members (excludes halogenated alkanes) is 5. The van der Waals surface area contributed by atoms with E-state index in [1.165, 1.54) is 12.1 Å². The molecule has 2 aromatic carbocycles. The number of terminal acetylenes is 1. The fourth-order valence-electron chi connectivity index (χ4n) is 3.97. The van der Waals surface area contributed by atoms with Crippen molar-refractivity contribution in [3.8, 4) is 12.3 Å². The molecule has 0 aromatic heterocycles. The molecule has 0 saturated heterocycles. The van der Waals surface area contributed by atoms with Crippen LogP contribution >= 0.6 is 0 Å². The highest BCUT2D eigenvalue weighted by atomic mass is 19.4. The summed E-state index contributed by atoms with van der Waals surface area (Å²) in [5.41, 5.74) is 0.648. The molecule has 2 N–H and O–H groups in total. The summed E-state index contributed by atoms with van der Waals surface area (Å²) in [6.45, 7) is -0.314. The first-order chi connectivity index (χ1) is 17.5. The van der Waals surface area contributed by atoms with Gasteiger partial charge in [-0.1, -0.05) is 62.1 Å². The van der Waals surface area contributed by atoms with E-state index in [1.807, 2.05) is 0 Å². The van der Waals surface area contributed by atoms with E-state index in [0.717, 1.165) is 55.6 Å². The molecule has 1 amide bonds. The van der Waals surface area contributed by atoms with Crippen LogP contribution in [0.5, 0.6) is 0 Å². The predicted molar refractivity (Wildman–Crippen MR) is 131 cm³/mol. The molecular weight excluding hydrogens is 487 g/mol. The van der Waals surface area contributed by atoms with Gasteiger partial charge in [0.2, 0.25) is 0 Å².